The second-order valence-electron chi connectivity index (χ2n) is 6.54. The lowest BCUT2D eigenvalue weighted by molar-refractivity contribution is 0.256. The number of urea groups is 1. The Morgan fingerprint density at radius 3 is 2.55 bits per heavy atom. The molecule has 2 amide bonds. The normalized spacial score (nSPS) is 11.4. The first-order valence-corrected chi connectivity index (χ1v) is 11.8. The van der Waals surface area contributed by atoms with Gasteiger partial charge in [-0.05, 0) is 35.7 Å². The molecule has 0 radical (unpaired) electrons. The largest absolute Gasteiger partial charge is 0.386 e. The number of nitrogens with zero attached hydrogens (tertiary/aromatic N) is 3. The van der Waals surface area contributed by atoms with Crippen LogP contribution in [-0.4, -0.2) is 36.0 Å². The third-order valence-corrected chi connectivity index (χ3v) is 7.50. The van der Waals surface area contributed by atoms with Gasteiger partial charge in [-0.3, -0.25) is 14.7 Å². The number of fused-ring (bicyclic) bond motifs is 1. The molecule has 14 heteroatoms. The number of benzene rings is 1. The Morgan fingerprint density at radius 1 is 1.18 bits per heavy atom. The van der Waals surface area contributed by atoms with Gasteiger partial charge in [0.1, 0.15) is 10.0 Å². The molecule has 0 unspecified atom stereocenters. The van der Waals surface area contributed by atoms with Gasteiger partial charge in [0, 0.05) is 13.2 Å². The Balaban J connectivity index is 1.54. The van der Waals surface area contributed by atoms with Crippen molar-refractivity contribution in [1.29, 1.82) is 0 Å². The summed E-state index contributed by atoms with van der Waals surface area (Å²) < 4.78 is 41.6. The minimum absolute atomic E-state index is 0.132. The molecule has 0 bridgehead atoms. The van der Waals surface area contributed by atoms with Gasteiger partial charge in [-0.15, -0.1) is 11.3 Å². The number of anilines is 2. The molecule has 33 heavy (non-hydrogen) atoms. The van der Waals surface area contributed by atoms with Crippen molar-refractivity contribution in [1.82, 2.24) is 19.3 Å². The van der Waals surface area contributed by atoms with E-state index >= 15 is 0 Å². The molecule has 0 saturated heterocycles. The zero-order chi connectivity index (χ0) is 23.8. The van der Waals surface area contributed by atoms with Crippen LogP contribution in [0.2, 0.25) is 4.34 Å². The van der Waals surface area contributed by atoms with Crippen LogP contribution in [0.15, 0.2) is 57.9 Å². The van der Waals surface area contributed by atoms with Crippen molar-refractivity contribution in [2.75, 3.05) is 17.7 Å². The number of aromatic nitrogens is 3. The van der Waals surface area contributed by atoms with Crippen LogP contribution in [0.3, 0.4) is 0 Å². The molecule has 10 nitrogen and oxygen atoms in total. The highest BCUT2D eigenvalue weighted by atomic mass is 35.5. The summed E-state index contributed by atoms with van der Waals surface area (Å²) in [6, 6.07) is 5.88. The lowest BCUT2D eigenvalue weighted by atomic mass is 10.1. The van der Waals surface area contributed by atoms with Crippen molar-refractivity contribution in [2.45, 2.75) is 4.21 Å². The number of thiophene rings is 1. The van der Waals surface area contributed by atoms with Crippen molar-refractivity contribution >= 4 is 61.4 Å². The lowest BCUT2D eigenvalue weighted by Crippen LogP contribution is -2.34. The quantitative estimate of drug-likeness (QED) is 0.376. The number of pyridine rings is 1. The SMILES string of the molecule is CNc1cc2ccn(-c3cnc(NC(=O)NS(=O)(=O)c4ccc(Cl)s4)nc3)c(=O)c2cc1F. The zero-order valence-corrected chi connectivity index (χ0v) is 19.1. The number of carbonyl (C=O) groups is 1. The van der Waals surface area contributed by atoms with Crippen molar-refractivity contribution in [3.63, 3.8) is 0 Å². The maximum atomic E-state index is 14.1. The molecule has 0 spiro atoms. The molecule has 0 aliphatic carbocycles. The Kier molecular flexibility index (Phi) is 6.01. The van der Waals surface area contributed by atoms with Crippen LogP contribution in [0, 0.1) is 5.82 Å². The van der Waals surface area contributed by atoms with Crippen molar-refractivity contribution in [3.8, 4) is 5.69 Å². The van der Waals surface area contributed by atoms with Crippen LogP contribution in [-0.2, 0) is 10.0 Å². The fourth-order valence-electron chi connectivity index (χ4n) is 2.91. The van der Waals surface area contributed by atoms with E-state index in [-0.39, 0.29) is 31.3 Å². The fraction of sp³-hybridized carbons (Fsp3) is 0.0526. The van der Waals surface area contributed by atoms with Crippen LogP contribution < -0.4 is 20.9 Å². The van der Waals surface area contributed by atoms with E-state index in [1.807, 2.05) is 4.72 Å². The van der Waals surface area contributed by atoms with Gasteiger partial charge in [0.15, 0.2) is 0 Å². The van der Waals surface area contributed by atoms with E-state index in [2.05, 4.69) is 20.6 Å². The van der Waals surface area contributed by atoms with Gasteiger partial charge < -0.3 is 5.32 Å². The second kappa shape index (κ2) is 8.77. The highest BCUT2D eigenvalue weighted by Gasteiger charge is 2.20. The number of halogens is 2. The van der Waals surface area contributed by atoms with Gasteiger partial charge in [-0.2, -0.15) is 0 Å². The molecule has 0 saturated carbocycles. The highest BCUT2D eigenvalue weighted by molar-refractivity contribution is 7.92. The molecule has 0 atom stereocenters. The van der Waals surface area contributed by atoms with Crippen LogP contribution in [0.4, 0.5) is 20.8 Å². The number of hydrogen-bond donors (Lipinski definition) is 3. The summed E-state index contributed by atoms with van der Waals surface area (Å²) in [5, 5.41) is 5.62. The summed E-state index contributed by atoms with van der Waals surface area (Å²) in [5.74, 6) is -0.768. The Hall–Kier alpha value is -3.55. The van der Waals surface area contributed by atoms with Crippen LogP contribution in [0.1, 0.15) is 0 Å². The summed E-state index contributed by atoms with van der Waals surface area (Å²) in [6.07, 6.45) is 3.99. The number of rotatable bonds is 5. The number of amides is 2. The van der Waals surface area contributed by atoms with E-state index in [1.165, 1.54) is 41.4 Å². The first-order valence-electron chi connectivity index (χ1n) is 9.12. The molecule has 0 aliphatic rings. The Bertz CT molecular complexity index is 1540. The molecule has 4 aromatic rings. The lowest BCUT2D eigenvalue weighted by Gasteiger charge is -2.10. The van der Waals surface area contributed by atoms with Gasteiger partial charge in [-0.25, -0.2) is 32.3 Å². The van der Waals surface area contributed by atoms with E-state index in [1.54, 1.807) is 13.1 Å². The average Bonchev–Trinajstić information content (AvgIpc) is 3.22. The maximum absolute atomic E-state index is 14.1. The average molecular weight is 509 g/mol. The van der Waals surface area contributed by atoms with Gasteiger partial charge in [0.25, 0.3) is 15.6 Å². The summed E-state index contributed by atoms with van der Waals surface area (Å²) in [5.41, 5.74) is 0.0319. The van der Waals surface area contributed by atoms with Gasteiger partial charge in [-0.1, -0.05) is 11.6 Å². The first kappa shape index (κ1) is 22.6. The predicted octanol–water partition coefficient (Wildman–Crippen LogP) is 3.19. The molecular formula is C19H14ClFN6O4S2. The third kappa shape index (κ3) is 4.65. The van der Waals surface area contributed by atoms with E-state index in [0.29, 0.717) is 5.39 Å². The standard InChI is InChI=1S/C19H14ClFN6O4S2/c1-22-14-6-10-4-5-27(17(28)12(10)7-13(14)21)11-8-23-18(24-9-11)25-19(29)26-33(30,31)16-3-2-15(20)32-16/h2-9,22H,1H3,(H2,23,24,25,26,29). The highest BCUT2D eigenvalue weighted by Crippen LogP contribution is 2.25. The topological polar surface area (TPSA) is 135 Å². The molecule has 170 valence electrons. The monoisotopic (exact) mass is 508 g/mol. The molecular weight excluding hydrogens is 495 g/mol. The number of nitrogens with one attached hydrogen (secondary N) is 3. The second-order valence-corrected chi connectivity index (χ2v) is 10.2. The van der Waals surface area contributed by atoms with Crippen LogP contribution >= 0.6 is 22.9 Å². The van der Waals surface area contributed by atoms with Crippen LogP contribution in [0.5, 0.6) is 0 Å². The van der Waals surface area contributed by atoms with Gasteiger partial charge in [0.2, 0.25) is 5.95 Å². The van der Waals surface area contributed by atoms with Crippen molar-refractivity contribution < 1.29 is 17.6 Å². The van der Waals surface area contributed by atoms with Crippen molar-refractivity contribution in [2.24, 2.45) is 0 Å². The summed E-state index contributed by atoms with van der Waals surface area (Å²) in [7, 11) is -2.53. The molecule has 3 N–H and O–H groups in total. The minimum atomic E-state index is -4.11. The molecule has 3 heterocycles. The van der Waals surface area contributed by atoms with E-state index in [4.69, 9.17) is 11.6 Å². The van der Waals surface area contributed by atoms with E-state index < -0.39 is 27.4 Å². The van der Waals surface area contributed by atoms with Gasteiger partial charge >= 0.3 is 6.03 Å². The summed E-state index contributed by atoms with van der Waals surface area (Å²) in [4.78, 5) is 32.7. The summed E-state index contributed by atoms with van der Waals surface area (Å²) >= 11 is 6.51. The molecule has 1 aromatic carbocycles. The van der Waals surface area contributed by atoms with Crippen molar-refractivity contribution in [3.05, 3.63) is 69.4 Å². The van der Waals surface area contributed by atoms with E-state index in [0.717, 1.165) is 17.4 Å². The minimum Gasteiger partial charge on any atom is -0.386 e. The molecule has 0 aliphatic heterocycles. The summed E-state index contributed by atoms with van der Waals surface area (Å²) in [6.45, 7) is 0. The Morgan fingerprint density at radius 2 is 1.91 bits per heavy atom. The van der Waals surface area contributed by atoms with E-state index in [9.17, 15) is 22.4 Å². The maximum Gasteiger partial charge on any atom is 0.335 e. The third-order valence-electron chi connectivity index (χ3n) is 4.44. The van der Waals surface area contributed by atoms with Gasteiger partial charge in [0.05, 0.1) is 33.5 Å². The zero-order valence-electron chi connectivity index (χ0n) is 16.7. The smallest absolute Gasteiger partial charge is 0.335 e. The van der Waals surface area contributed by atoms with Crippen LogP contribution in [0.25, 0.3) is 16.5 Å². The molecule has 3 aromatic heterocycles. The first-order chi connectivity index (χ1) is 15.7. The molecule has 0 fully saturated rings. The number of hydrogen-bond acceptors (Lipinski definition) is 8. The molecule has 4 rings (SSSR count). The predicted molar refractivity (Wildman–Crippen MR) is 123 cm³/mol. The number of carbonyl (C=O) groups excluding carboxylic acids is 1. The fourth-order valence-corrected chi connectivity index (χ4v) is 5.30. The Labute approximate surface area is 195 Å². The number of sulfonamides is 1.